The van der Waals surface area contributed by atoms with E-state index in [1.54, 1.807) is 6.20 Å². The second kappa shape index (κ2) is 3.56. The molecule has 3 N–H and O–H groups in total. The number of pyridine rings is 1. The third kappa shape index (κ3) is 1.42. The maximum absolute atomic E-state index is 5.45. The molecule has 0 aliphatic rings. The maximum Gasteiger partial charge on any atom is 0.0882 e. The lowest BCUT2D eigenvalue weighted by molar-refractivity contribution is 1.02. The van der Waals surface area contributed by atoms with Gasteiger partial charge < -0.3 is 10.7 Å². The van der Waals surface area contributed by atoms with Crippen molar-refractivity contribution in [3.8, 4) is 0 Å². The van der Waals surface area contributed by atoms with Gasteiger partial charge in [-0.3, -0.25) is 4.98 Å². The van der Waals surface area contributed by atoms with Crippen LogP contribution in [0.1, 0.15) is 5.69 Å². The van der Waals surface area contributed by atoms with Gasteiger partial charge in [-0.1, -0.05) is 0 Å². The Kier molecular flexibility index (Phi) is 2.68. The van der Waals surface area contributed by atoms with Crippen molar-refractivity contribution in [2.75, 3.05) is 0 Å². The van der Waals surface area contributed by atoms with Crippen molar-refractivity contribution in [1.29, 1.82) is 0 Å². The van der Waals surface area contributed by atoms with E-state index >= 15 is 0 Å². The van der Waals surface area contributed by atoms with E-state index in [1.807, 2.05) is 18.2 Å². The van der Waals surface area contributed by atoms with Crippen molar-refractivity contribution < 1.29 is 0 Å². The second-order valence-corrected chi connectivity index (χ2v) is 2.43. The molecule has 0 amide bonds. The van der Waals surface area contributed by atoms with Gasteiger partial charge in [0.05, 0.1) is 11.0 Å². The third-order valence-corrected chi connectivity index (χ3v) is 1.66. The largest absolute Gasteiger partial charge is 0.356 e. The Morgan fingerprint density at radius 2 is 2.33 bits per heavy atom. The molecule has 0 atom stereocenters. The molecule has 2 heterocycles. The molecule has 3 nitrogen and oxygen atoms in total. The minimum absolute atomic E-state index is 0. The van der Waals surface area contributed by atoms with Crippen molar-refractivity contribution in [3.63, 3.8) is 0 Å². The summed E-state index contributed by atoms with van der Waals surface area (Å²) >= 11 is 0. The fourth-order valence-electron chi connectivity index (χ4n) is 1.12. The Labute approximate surface area is 76.4 Å². The first-order valence-electron chi connectivity index (χ1n) is 3.53. The van der Waals surface area contributed by atoms with E-state index in [2.05, 4.69) is 9.97 Å². The van der Waals surface area contributed by atoms with Gasteiger partial charge in [-0.25, -0.2) is 0 Å². The molecule has 0 unspecified atom stereocenters. The molecule has 64 valence electrons. The van der Waals surface area contributed by atoms with Crippen LogP contribution in [0.3, 0.4) is 0 Å². The molecule has 0 spiro atoms. The first-order chi connectivity index (χ1) is 5.40. The van der Waals surface area contributed by atoms with E-state index in [0.717, 1.165) is 16.7 Å². The van der Waals surface area contributed by atoms with Gasteiger partial charge in [0.2, 0.25) is 0 Å². The molecule has 0 radical (unpaired) electrons. The molecule has 2 aromatic heterocycles. The number of aromatic nitrogens is 2. The standard InChI is InChI=1S/C8H9N3.ClH/c9-5-6-4-8-7(11-6)2-1-3-10-8;/h1-4,11H,5,9H2;1H. The van der Waals surface area contributed by atoms with Crippen LogP contribution in [0.4, 0.5) is 0 Å². The fourth-order valence-corrected chi connectivity index (χ4v) is 1.12. The number of aromatic amines is 1. The summed E-state index contributed by atoms with van der Waals surface area (Å²) in [5.41, 5.74) is 8.51. The zero-order chi connectivity index (χ0) is 7.68. The Bertz CT molecular complexity index is 336. The summed E-state index contributed by atoms with van der Waals surface area (Å²) in [6, 6.07) is 5.86. The highest BCUT2D eigenvalue weighted by Gasteiger charge is 1.96. The highest BCUT2D eigenvalue weighted by Crippen LogP contribution is 2.10. The molecule has 0 aliphatic carbocycles. The van der Waals surface area contributed by atoms with E-state index in [9.17, 15) is 0 Å². The number of hydrogen-bond acceptors (Lipinski definition) is 2. The minimum atomic E-state index is 0. The number of H-pyrrole nitrogens is 1. The zero-order valence-corrected chi connectivity index (χ0v) is 7.27. The van der Waals surface area contributed by atoms with Crippen molar-refractivity contribution in [2.45, 2.75) is 6.54 Å². The predicted molar refractivity (Wildman–Crippen MR) is 51.2 cm³/mol. The molecule has 2 rings (SSSR count). The van der Waals surface area contributed by atoms with Crippen LogP contribution in [-0.4, -0.2) is 9.97 Å². The Balaban J connectivity index is 0.000000720. The number of nitrogens with one attached hydrogen (secondary N) is 1. The van der Waals surface area contributed by atoms with Crippen molar-refractivity contribution in [2.24, 2.45) is 5.73 Å². The van der Waals surface area contributed by atoms with E-state index in [-0.39, 0.29) is 12.4 Å². The van der Waals surface area contributed by atoms with E-state index in [1.165, 1.54) is 0 Å². The molecular formula is C8H10ClN3. The molecule has 0 bridgehead atoms. The third-order valence-electron chi connectivity index (χ3n) is 1.66. The summed E-state index contributed by atoms with van der Waals surface area (Å²) in [5.74, 6) is 0. The summed E-state index contributed by atoms with van der Waals surface area (Å²) < 4.78 is 0. The minimum Gasteiger partial charge on any atom is -0.356 e. The highest BCUT2D eigenvalue weighted by molar-refractivity contribution is 5.85. The van der Waals surface area contributed by atoms with Crippen LogP contribution < -0.4 is 5.73 Å². The number of halogens is 1. The van der Waals surface area contributed by atoms with Gasteiger partial charge in [0, 0.05) is 18.4 Å². The van der Waals surface area contributed by atoms with Gasteiger partial charge in [-0.2, -0.15) is 0 Å². The monoisotopic (exact) mass is 183 g/mol. The lowest BCUT2D eigenvalue weighted by Crippen LogP contribution is -1.94. The molecule has 0 aliphatic heterocycles. The molecule has 2 aromatic rings. The fraction of sp³-hybridized carbons (Fsp3) is 0.125. The van der Waals surface area contributed by atoms with E-state index in [0.29, 0.717) is 6.54 Å². The highest BCUT2D eigenvalue weighted by atomic mass is 35.5. The van der Waals surface area contributed by atoms with Crippen molar-refractivity contribution in [3.05, 3.63) is 30.1 Å². The number of hydrogen-bond donors (Lipinski definition) is 2. The molecular weight excluding hydrogens is 174 g/mol. The molecule has 0 saturated carbocycles. The number of rotatable bonds is 1. The van der Waals surface area contributed by atoms with Crippen molar-refractivity contribution >= 4 is 23.4 Å². The van der Waals surface area contributed by atoms with Gasteiger partial charge in [0.1, 0.15) is 0 Å². The predicted octanol–water partition coefficient (Wildman–Crippen LogP) is 1.44. The van der Waals surface area contributed by atoms with Crippen LogP contribution in [0.2, 0.25) is 0 Å². The first kappa shape index (κ1) is 9.03. The van der Waals surface area contributed by atoms with E-state index in [4.69, 9.17) is 5.73 Å². The van der Waals surface area contributed by atoms with Crippen LogP contribution in [-0.2, 0) is 6.54 Å². The summed E-state index contributed by atoms with van der Waals surface area (Å²) in [5, 5.41) is 0. The lowest BCUT2D eigenvalue weighted by atomic mass is 10.4. The second-order valence-electron chi connectivity index (χ2n) is 2.43. The maximum atomic E-state index is 5.45. The molecule has 4 heteroatoms. The van der Waals surface area contributed by atoms with Gasteiger partial charge in [-0.15, -0.1) is 12.4 Å². The molecule has 12 heavy (non-hydrogen) atoms. The summed E-state index contributed by atoms with van der Waals surface area (Å²) in [6.45, 7) is 0.538. The van der Waals surface area contributed by atoms with Crippen LogP contribution >= 0.6 is 12.4 Å². The SMILES string of the molecule is Cl.NCc1cc2ncccc2[nH]1. The Morgan fingerprint density at radius 3 is 3.00 bits per heavy atom. The average molecular weight is 184 g/mol. The van der Waals surface area contributed by atoms with Crippen LogP contribution in [0.15, 0.2) is 24.4 Å². The van der Waals surface area contributed by atoms with Gasteiger partial charge in [-0.05, 0) is 18.2 Å². The van der Waals surface area contributed by atoms with Gasteiger partial charge >= 0.3 is 0 Å². The Hall–Kier alpha value is -1.06. The smallest absolute Gasteiger partial charge is 0.0882 e. The number of fused-ring (bicyclic) bond motifs is 1. The van der Waals surface area contributed by atoms with E-state index < -0.39 is 0 Å². The lowest BCUT2D eigenvalue weighted by Gasteiger charge is -1.84. The molecule has 0 saturated heterocycles. The van der Waals surface area contributed by atoms with Crippen LogP contribution in [0.5, 0.6) is 0 Å². The molecule has 0 aromatic carbocycles. The summed E-state index contributed by atoms with van der Waals surface area (Å²) in [7, 11) is 0. The van der Waals surface area contributed by atoms with Gasteiger partial charge in [0.25, 0.3) is 0 Å². The average Bonchev–Trinajstić information content (AvgIpc) is 2.46. The van der Waals surface area contributed by atoms with Crippen LogP contribution in [0.25, 0.3) is 11.0 Å². The summed E-state index contributed by atoms with van der Waals surface area (Å²) in [4.78, 5) is 7.32. The normalized spacial score (nSPS) is 9.75. The molecule has 0 fully saturated rings. The van der Waals surface area contributed by atoms with Gasteiger partial charge in [0.15, 0.2) is 0 Å². The number of nitrogens with two attached hydrogens (primary N) is 1. The Morgan fingerprint density at radius 1 is 1.50 bits per heavy atom. The zero-order valence-electron chi connectivity index (χ0n) is 6.45. The number of nitrogens with zero attached hydrogens (tertiary/aromatic N) is 1. The summed E-state index contributed by atoms with van der Waals surface area (Å²) in [6.07, 6.45) is 1.77. The quantitative estimate of drug-likeness (QED) is 0.703. The topological polar surface area (TPSA) is 54.7 Å². The first-order valence-corrected chi connectivity index (χ1v) is 3.53. The van der Waals surface area contributed by atoms with Crippen LogP contribution in [0, 0.1) is 0 Å². The van der Waals surface area contributed by atoms with Crippen molar-refractivity contribution in [1.82, 2.24) is 9.97 Å².